The average molecular weight is 280 g/mol. The zero-order valence-corrected chi connectivity index (χ0v) is 12.0. The summed E-state index contributed by atoms with van der Waals surface area (Å²) < 4.78 is 22.7. The Hall–Kier alpha value is -1.33. The third-order valence-corrected chi connectivity index (χ3v) is 4.34. The molecule has 104 valence electrons. The quantitative estimate of drug-likeness (QED) is 0.808. The molecule has 1 aliphatic rings. The highest BCUT2D eigenvalue weighted by Gasteiger charge is 2.06. The number of hydrogen-bond acceptors (Lipinski definition) is 4. The van der Waals surface area contributed by atoms with Gasteiger partial charge in [-0.05, 0) is 43.7 Å². The Morgan fingerprint density at radius 1 is 1.26 bits per heavy atom. The molecule has 0 aliphatic carbocycles. The van der Waals surface area contributed by atoms with Gasteiger partial charge in [0.05, 0.1) is 4.90 Å². The maximum Gasteiger partial charge on any atom is 0.175 e. The molecule has 2 N–H and O–H groups in total. The van der Waals surface area contributed by atoms with Gasteiger partial charge in [-0.2, -0.15) is 0 Å². The Bertz CT molecular complexity index is 547. The van der Waals surface area contributed by atoms with Gasteiger partial charge in [-0.1, -0.05) is 11.6 Å². The molecule has 0 unspecified atom stereocenters. The SMILES string of the molecule is CS(=O)(=O)c1ccc(NCCC2=CCNCC2)cc1. The van der Waals surface area contributed by atoms with Crippen molar-refractivity contribution in [2.75, 3.05) is 31.2 Å². The second kappa shape index (κ2) is 6.21. The maximum atomic E-state index is 11.3. The number of rotatable bonds is 5. The van der Waals surface area contributed by atoms with Gasteiger partial charge in [-0.25, -0.2) is 8.42 Å². The molecule has 1 heterocycles. The molecule has 0 bridgehead atoms. The lowest BCUT2D eigenvalue weighted by Crippen LogP contribution is -2.21. The molecule has 0 atom stereocenters. The van der Waals surface area contributed by atoms with Gasteiger partial charge in [0.2, 0.25) is 0 Å². The molecule has 19 heavy (non-hydrogen) atoms. The molecule has 0 saturated heterocycles. The predicted octanol–water partition coefficient (Wildman–Crippen LogP) is 1.81. The summed E-state index contributed by atoms with van der Waals surface area (Å²) in [6.07, 6.45) is 5.63. The van der Waals surface area contributed by atoms with Crippen molar-refractivity contribution in [3.63, 3.8) is 0 Å². The second-order valence-electron chi connectivity index (χ2n) is 4.79. The van der Waals surface area contributed by atoms with Crippen molar-refractivity contribution in [2.24, 2.45) is 0 Å². The van der Waals surface area contributed by atoms with Crippen LogP contribution in [0, 0.1) is 0 Å². The fourth-order valence-corrected chi connectivity index (χ4v) is 2.71. The fraction of sp³-hybridized carbons (Fsp3) is 0.429. The van der Waals surface area contributed by atoms with Gasteiger partial charge < -0.3 is 10.6 Å². The summed E-state index contributed by atoms with van der Waals surface area (Å²) in [5.74, 6) is 0. The van der Waals surface area contributed by atoms with Crippen LogP contribution in [0.3, 0.4) is 0 Å². The van der Waals surface area contributed by atoms with Crippen LogP contribution in [0.25, 0.3) is 0 Å². The van der Waals surface area contributed by atoms with Gasteiger partial charge in [-0.15, -0.1) is 0 Å². The van der Waals surface area contributed by atoms with Crippen molar-refractivity contribution in [1.29, 1.82) is 0 Å². The van der Waals surface area contributed by atoms with Crippen LogP contribution in [0.4, 0.5) is 5.69 Å². The summed E-state index contributed by atoms with van der Waals surface area (Å²) in [5, 5.41) is 6.60. The fourth-order valence-electron chi connectivity index (χ4n) is 2.08. The van der Waals surface area contributed by atoms with E-state index in [2.05, 4.69) is 16.7 Å². The van der Waals surface area contributed by atoms with E-state index in [0.717, 1.165) is 38.2 Å². The highest BCUT2D eigenvalue weighted by Crippen LogP contribution is 2.15. The molecule has 0 aromatic heterocycles. The van der Waals surface area contributed by atoms with Gasteiger partial charge in [0.15, 0.2) is 9.84 Å². The van der Waals surface area contributed by atoms with Gasteiger partial charge in [0.25, 0.3) is 0 Å². The number of anilines is 1. The van der Waals surface area contributed by atoms with Crippen LogP contribution >= 0.6 is 0 Å². The number of nitrogens with one attached hydrogen (secondary N) is 2. The topological polar surface area (TPSA) is 58.2 Å². The van der Waals surface area contributed by atoms with E-state index < -0.39 is 9.84 Å². The highest BCUT2D eigenvalue weighted by atomic mass is 32.2. The Morgan fingerprint density at radius 2 is 2.00 bits per heavy atom. The van der Waals surface area contributed by atoms with Crippen molar-refractivity contribution >= 4 is 15.5 Å². The Kier molecular flexibility index (Phi) is 4.61. The third-order valence-electron chi connectivity index (χ3n) is 3.22. The second-order valence-corrected chi connectivity index (χ2v) is 6.81. The van der Waals surface area contributed by atoms with Crippen LogP contribution in [0.2, 0.25) is 0 Å². The molecule has 4 nitrogen and oxygen atoms in total. The maximum absolute atomic E-state index is 11.3. The van der Waals surface area contributed by atoms with Crippen molar-refractivity contribution < 1.29 is 8.42 Å². The lowest BCUT2D eigenvalue weighted by molar-refractivity contribution is 0.602. The van der Waals surface area contributed by atoms with E-state index in [-0.39, 0.29) is 0 Å². The van der Waals surface area contributed by atoms with Crippen LogP contribution in [0.15, 0.2) is 40.8 Å². The van der Waals surface area contributed by atoms with E-state index in [1.54, 1.807) is 12.1 Å². The minimum atomic E-state index is -3.10. The van der Waals surface area contributed by atoms with Crippen molar-refractivity contribution in [3.8, 4) is 0 Å². The zero-order chi connectivity index (χ0) is 13.7. The normalized spacial score (nSPS) is 15.9. The first-order chi connectivity index (χ1) is 9.05. The van der Waals surface area contributed by atoms with E-state index in [1.165, 1.54) is 11.8 Å². The van der Waals surface area contributed by atoms with Crippen LogP contribution in [0.1, 0.15) is 12.8 Å². The smallest absolute Gasteiger partial charge is 0.175 e. The van der Waals surface area contributed by atoms with Crippen LogP contribution < -0.4 is 10.6 Å². The van der Waals surface area contributed by atoms with Crippen molar-refractivity contribution in [3.05, 3.63) is 35.9 Å². The number of sulfone groups is 1. The first-order valence-corrected chi connectivity index (χ1v) is 8.37. The van der Waals surface area contributed by atoms with Gasteiger partial charge in [0, 0.05) is 25.0 Å². The summed E-state index contributed by atoms with van der Waals surface area (Å²) in [6, 6.07) is 6.91. The van der Waals surface area contributed by atoms with Crippen molar-refractivity contribution in [2.45, 2.75) is 17.7 Å². The summed E-state index contributed by atoms with van der Waals surface area (Å²) in [6.45, 7) is 2.91. The molecule has 0 amide bonds. The van der Waals surface area contributed by atoms with E-state index in [9.17, 15) is 8.42 Å². The first-order valence-electron chi connectivity index (χ1n) is 6.48. The lowest BCUT2D eigenvalue weighted by atomic mass is 10.1. The van der Waals surface area contributed by atoms with Crippen LogP contribution in [0.5, 0.6) is 0 Å². The molecule has 0 spiro atoms. The Balaban J connectivity index is 1.85. The summed E-state index contributed by atoms with van der Waals surface area (Å²) in [4.78, 5) is 0.360. The third kappa shape index (κ3) is 4.36. The van der Waals surface area contributed by atoms with Gasteiger partial charge in [0.1, 0.15) is 0 Å². The van der Waals surface area contributed by atoms with E-state index in [4.69, 9.17) is 0 Å². The predicted molar refractivity (Wildman–Crippen MR) is 78.2 cm³/mol. The van der Waals surface area contributed by atoms with Crippen molar-refractivity contribution in [1.82, 2.24) is 5.32 Å². The Labute approximate surface area is 114 Å². The first kappa shape index (κ1) is 14.1. The minimum Gasteiger partial charge on any atom is -0.385 e. The molecule has 0 radical (unpaired) electrons. The summed E-state index contributed by atoms with van der Waals surface area (Å²) in [7, 11) is -3.10. The van der Waals surface area contributed by atoms with E-state index in [1.807, 2.05) is 12.1 Å². The lowest BCUT2D eigenvalue weighted by Gasteiger charge is -2.14. The standard InChI is InChI=1S/C14H20N2O2S/c1-19(17,18)14-4-2-13(3-5-14)16-11-8-12-6-9-15-10-7-12/h2-6,15-16H,7-11H2,1H3. The van der Waals surface area contributed by atoms with Crippen LogP contribution in [-0.2, 0) is 9.84 Å². The molecule has 2 rings (SSSR count). The monoisotopic (exact) mass is 280 g/mol. The molecular formula is C14H20N2O2S. The highest BCUT2D eigenvalue weighted by molar-refractivity contribution is 7.90. The van der Waals surface area contributed by atoms with E-state index >= 15 is 0 Å². The average Bonchev–Trinajstić information content (AvgIpc) is 2.39. The largest absolute Gasteiger partial charge is 0.385 e. The summed E-state index contributed by atoms with van der Waals surface area (Å²) in [5.41, 5.74) is 2.45. The molecule has 1 aromatic rings. The minimum absolute atomic E-state index is 0.360. The van der Waals surface area contributed by atoms with Crippen LogP contribution in [-0.4, -0.2) is 34.3 Å². The molecule has 0 saturated carbocycles. The molecule has 5 heteroatoms. The molecule has 1 aliphatic heterocycles. The Morgan fingerprint density at radius 3 is 2.58 bits per heavy atom. The molecule has 1 aromatic carbocycles. The van der Waals surface area contributed by atoms with Gasteiger partial charge >= 0.3 is 0 Å². The number of benzene rings is 1. The summed E-state index contributed by atoms with van der Waals surface area (Å²) >= 11 is 0. The van der Waals surface area contributed by atoms with Gasteiger partial charge in [-0.3, -0.25) is 0 Å². The molecule has 0 fully saturated rings. The van der Waals surface area contributed by atoms with E-state index in [0.29, 0.717) is 4.90 Å². The number of hydrogen-bond donors (Lipinski definition) is 2. The zero-order valence-electron chi connectivity index (χ0n) is 11.1. The molecular weight excluding hydrogens is 260 g/mol.